The van der Waals surface area contributed by atoms with Gasteiger partial charge in [-0.3, -0.25) is 0 Å². The zero-order chi connectivity index (χ0) is 12.1. The van der Waals surface area contributed by atoms with Crippen molar-refractivity contribution in [2.24, 2.45) is 0 Å². The summed E-state index contributed by atoms with van der Waals surface area (Å²) < 4.78 is 1.14. The van der Waals surface area contributed by atoms with Crippen molar-refractivity contribution in [2.45, 2.75) is 47.0 Å². The summed E-state index contributed by atoms with van der Waals surface area (Å²) in [7, 11) is 0. The lowest BCUT2D eigenvalue weighted by Crippen LogP contribution is -1.99. The first-order valence-electron chi connectivity index (χ1n) is 5.87. The van der Waals surface area contributed by atoms with Crippen LogP contribution in [0.5, 0.6) is 0 Å². The van der Waals surface area contributed by atoms with Gasteiger partial charge < -0.3 is 0 Å². The largest absolute Gasteiger partial charge is 0.250 e. The SMILES string of the molecule is CCC(Cc1cc(CC)cnc1I)=C(C)C. The molecule has 2 heteroatoms. The van der Waals surface area contributed by atoms with Crippen LogP contribution >= 0.6 is 22.6 Å². The fraction of sp³-hybridized carbons (Fsp3) is 0.500. The molecule has 1 rings (SSSR count). The van der Waals surface area contributed by atoms with Gasteiger partial charge in [0.1, 0.15) is 3.70 Å². The minimum absolute atomic E-state index is 1.05. The predicted molar refractivity (Wildman–Crippen MR) is 78.7 cm³/mol. The highest BCUT2D eigenvalue weighted by Crippen LogP contribution is 2.19. The van der Waals surface area contributed by atoms with Crippen molar-refractivity contribution in [2.75, 3.05) is 0 Å². The summed E-state index contributed by atoms with van der Waals surface area (Å²) >= 11 is 2.33. The fourth-order valence-corrected chi connectivity index (χ4v) is 2.23. The van der Waals surface area contributed by atoms with Crippen LogP contribution in [0.25, 0.3) is 0 Å². The minimum Gasteiger partial charge on any atom is -0.250 e. The first kappa shape index (κ1) is 13.7. The fourth-order valence-electron chi connectivity index (χ4n) is 1.75. The highest BCUT2D eigenvalue weighted by molar-refractivity contribution is 14.1. The van der Waals surface area contributed by atoms with Crippen LogP contribution in [0.1, 0.15) is 45.2 Å². The summed E-state index contributed by atoms with van der Waals surface area (Å²) in [4.78, 5) is 4.46. The number of pyridine rings is 1. The third-order valence-electron chi connectivity index (χ3n) is 2.91. The predicted octanol–water partition coefficient (Wildman–Crippen LogP) is 4.54. The highest BCUT2D eigenvalue weighted by atomic mass is 127. The van der Waals surface area contributed by atoms with E-state index >= 15 is 0 Å². The Morgan fingerprint density at radius 3 is 2.50 bits per heavy atom. The van der Waals surface area contributed by atoms with Gasteiger partial charge in [0.25, 0.3) is 0 Å². The van der Waals surface area contributed by atoms with E-state index in [4.69, 9.17) is 0 Å². The smallest absolute Gasteiger partial charge is 0.104 e. The van der Waals surface area contributed by atoms with E-state index in [-0.39, 0.29) is 0 Å². The van der Waals surface area contributed by atoms with Gasteiger partial charge in [0, 0.05) is 6.20 Å². The van der Waals surface area contributed by atoms with Crippen LogP contribution < -0.4 is 0 Å². The molecule has 0 radical (unpaired) electrons. The molecular formula is C14H20IN. The van der Waals surface area contributed by atoms with Crippen LogP contribution in [-0.2, 0) is 12.8 Å². The molecule has 0 aliphatic carbocycles. The molecule has 0 saturated carbocycles. The highest BCUT2D eigenvalue weighted by Gasteiger charge is 2.06. The molecule has 0 bridgehead atoms. The van der Waals surface area contributed by atoms with Gasteiger partial charge in [-0.1, -0.05) is 31.1 Å². The Labute approximate surface area is 113 Å². The number of rotatable bonds is 4. The van der Waals surface area contributed by atoms with Gasteiger partial charge in [0.15, 0.2) is 0 Å². The van der Waals surface area contributed by atoms with E-state index in [0.717, 1.165) is 23.0 Å². The number of nitrogens with zero attached hydrogens (tertiary/aromatic N) is 1. The molecule has 16 heavy (non-hydrogen) atoms. The van der Waals surface area contributed by atoms with Gasteiger partial charge in [-0.2, -0.15) is 0 Å². The molecule has 0 spiro atoms. The van der Waals surface area contributed by atoms with Crippen LogP contribution in [0.2, 0.25) is 0 Å². The van der Waals surface area contributed by atoms with Gasteiger partial charge in [-0.25, -0.2) is 4.98 Å². The number of aryl methyl sites for hydroxylation is 1. The second kappa shape index (κ2) is 6.38. The standard InChI is InChI=1S/C14H20IN/c1-5-11-7-13(14(15)16-9-11)8-12(6-2)10(3)4/h7,9H,5-6,8H2,1-4H3. The van der Waals surface area contributed by atoms with E-state index in [1.54, 1.807) is 0 Å². The maximum Gasteiger partial charge on any atom is 0.104 e. The third kappa shape index (κ3) is 3.58. The molecule has 1 nitrogen and oxygen atoms in total. The topological polar surface area (TPSA) is 12.9 Å². The average Bonchev–Trinajstić information content (AvgIpc) is 2.27. The number of aromatic nitrogens is 1. The van der Waals surface area contributed by atoms with E-state index in [2.05, 4.69) is 61.3 Å². The molecule has 0 aliphatic heterocycles. The molecule has 88 valence electrons. The number of hydrogen-bond donors (Lipinski definition) is 0. The van der Waals surface area contributed by atoms with Crippen molar-refractivity contribution in [1.82, 2.24) is 4.98 Å². The van der Waals surface area contributed by atoms with Crippen molar-refractivity contribution in [3.8, 4) is 0 Å². The number of allylic oxidation sites excluding steroid dienone is 2. The lowest BCUT2D eigenvalue weighted by Gasteiger charge is -2.10. The van der Waals surface area contributed by atoms with Crippen molar-refractivity contribution < 1.29 is 0 Å². The molecule has 0 aliphatic rings. The first-order valence-corrected chi connectivity index (χ1v) is 6.94. The average molecular weight is 329 g/mol. The van der Waals surface area contributed by atoms with Crippen molar-refractivity contribution >= 4 is 22.6 Å². The quantitative estimate of drug-likeness (QED) is 0.449. The molecule has 0 fully saturated rings. The van der Waals surface area contributed by atoms with Crippen molar-refractivity contribution in [1.29, 1.82) is 0 Å². The Morgan fingerprint density at radius 2 is 2.00 bits per heavy atom. The van der Waals surface area contributed by atoms with Crippen molar-refractivity contribution in [3.63, 3.8) is 0 Å². The number of hydrogen-bond acceptors (Lipinski definition) is 1. The Bertz CT molecular complexity index is 390. The lowest BCUT2D eigenvalue weighted by molar-refractivity contribution is 0.945. The van der Waals surface area contributed by atoms with Gasteiger partial charge in [-0.05, 0) is 66.8 Å². The molecule has 0 N–H and O–H groups in total. The Balaban J connectivity index is 3.00. The third-order valence-corrected chi connectivity index (χ3v) is 3.89. The molecular weight excluding hydrogens is 309 g/mol. The second-order valence-corrected chi connectivity index (χ2v) is 5.30. The summed E-state index contributed by atoms with van der Waals surface area (Å²) in [6.45, 7) is 8.80. The normalized spacial score (nSPS) is 10.3. The minimum atomic E-state index is 1.05. The lowest BCUT2D eigenvalue weighted by atomic mass is 9.99. The summed E-state index contributed by atoms with van der Waals surface area (Å²) in [5, 5.41) is 0. The molecule has 1 aromatic rings. The van der Waals surface area contributed by atoms with E-state index in [0.29, 0.717) is 0 Å². The zero-order valence-electron chi connectivity index (χ0n) is 10.6. The van der Waals surface area contributed by atoms with E-state index in [1.807, 2.05) is 6.20 Å². The van der Waals surface area contributed by atoms with Gasteiger partial charge in [-0.15, -0.1) is 0 Å². The van der Waals surface area contributed by atoms with E-state index in [9.17, 15) is 0 Å². The van der Waals surface area contributed by atoms with Crippen LogP contribution in [0, 0.1) is 3.70 Å². The Morgan fingerprint density at radius 1 is 1.31 bits per heavy atom. The first-order chi connectivity index (χ1) is 7.58. The Kier molecular flexibility index (Phi) is 5.46. The zero-order valence-corrected chi connectivity index (χ0v) is 12.8. The maximum atomic E-state index is 4.46. The van der Waals surface area contributed by atoms with Gasteiger partial charge in [0.2, 0.25) is 0 Å². The summed E-state index contributed by atoms with van der Waals surface area (Å²) in [5.41, 5.74) is 5.69. The molecule has 1 heterocycles. The van der Waals surface area contributed by atoms with Gasteiger partial charge >= 0.3 is 0 Å². The summed E-state index contributed by atoms with van der Waals surface area (Å²) in [5.74, 6) is 0. The summed E-state index contributed by atoms with van der Waals surface area (Å²) in [6, 6.07) is 2.30. The monoisotopic (exact) mass is 329 g/mol. The summed E-state index contributed by atoms with van der Waals surface area (Å²) in [6.07, 6.45) is 5.24. The number of halogens is 1. The van der Waals surface area contributed by atoms with Crippen LogP contribution in [0.4, 0.5) is 0 Å². The van der Waals surface area contributed by atoms with Crippen molar-refractivity contribution in [3.05, 3.63) is 38.2 Å². The molecule has 1 aromatic heterocycles. The van der Waals surface area contributed by atoms with Crippen LogP contribution in [0.3, 0.4) is 0 Å². The Hall–Kier alpha value is -0.380. The van der Waals surface area contributed by atoms with E-state index < -0.39 is 0 Å². The van der Waals surface area contributed by atoms with Crippen LogP contribution in [-0.4, -0.2) is 4.98 Å². The molecule has 0 saturated heterocycles. The molecule has 0 aromatic carbocycles. The van der Waals surface area contributed by atoms with Gasteiger partial charge in [0.05, 0.1) is 0 Å². The molecule has 0 atom stereocenters. The molecule has 0 amide bonds. The second-order valence-electron chi connectivity index (χ2n) is 4.28. The maximum absolute atomic E-state index is 4.46. The molecule has 0 unspecified atom stereocenters. The van der Waals surface area contributed by atoms with E-state index in [1.165, 1.54) is 22.3 Å². The van der Waals surface area contributed by atoms with Crippen LogP contribution in [0.15, 0.2) is 23.4 Å².